The van der Waals surface area contributed by atoms with Gasteiger partial charge in [-0.25, -0.2) is 0 Å². The molecule has 2 aromatic rings. The van der Waals surface area contributed by atoms with Crippen LogP contribution in [-0.2, 0) is 0 Å². The number of hydrogen-bond donors (Lipinski definition) is 0. The molecule has 0 radical (unpaired) electrons. The maximum atomic E-state index is 11.5. The topological polar surface area (TPSA) is 39.4 Å². The van der Waals surface area contributed by atoms with Crippen molar-refractivity contribution < 1.29 is 9.15 Å². The Morgan fingerprint density at radius 1 is 1.43 bits per heavy atom. The standard InChI is InChI=1S/C10H7ClO3/c1-13-6-2-3-7-9(4-6)14-5-8(11)10(7)12/h2-5H,1H3. The fraction of sp³-hybridized carbons (Fsp3) is 0.100. The van der Waals surface area contributed by atoms with Crippen LogP contribution in [0.25, 0.3) is 11.0 Å². The van der Waals surface area contributed by atoms with Crippen LogP contribution < -0.4 is 10.2 Å². The van der Waals surface area contributed by atoms with E-state index in [1.54, 1.807) is 25.3 Å². The first kappa shape index (κ1) is 9.09. The number of ether oxygens (including phenoxy) is 1. The summed E-state index contributed by atoms with van der Waals surface area (Å²) >= 11 is 5.62. The third-order valence-corrected chi connectivity index (χ3v) is 2.20. The van der Waals surface area contributed by atoms with Gasteiger partial charge < -0.3 is 9.15 Å². The van der Waals surface area contributed by atoms with Gasteiger partial charge in [-0.05, 0) is 12.1 Å². The van der Waals surface area contributed by atoms with Gasteiger partial charge in [0.2, 0.25) is 5.43 Å². The van der Waals surface area contributed by atoms with E-state index in [4.69, 9.17) is 20.8 Å². The Labute approximate surface area is 84.9 Å². The SMILES string of the molecule is COc1ccc2c(=O)c(Cl)coc2c1. The normalized spacial score (nSPS) is 10.4. The summed E-state index contributed by atoms with van der Waals surface area (Å²) in [4.78, 5) is 11.5. The first-order chi connectivity index (χ1) is 6.72. The molecule has 2 rings (SSSR count). The predicted molar refractivity (Wildman–Crippen MR) is 54.0 cm³/mol. The maximum Gasteiger partial charge on any atom is 0.211 e. The van der Waals surface area contributed by atoms with Gasteiger partial charge in [-0.2, -0.15) is 0 Å². The Kier molecular flexibility index (Phi) is 2.17. The van der Waals surface area contributed by atoms with Crippen molar-refractivity contribution in [2.45, 2.75) is 0 Å². The van der Waals surface area contributed by atoms with E-state index in [2.05, 4.69) is 0 Å². The van der Waals surface area contributed by atoms with Crippen LogP contribution in [0, 0.1) is 0 Å². The molecule has 0 saturated heterocycles. The fourth-order valence-electron chi connectivity index (χ4n) is 1.21. The molecule has 1 heterocycles. The predicted octanol–water partition coefficient (Wildman–Crippen LogP) is 2.46. The van der Waals surface area contributed by atoms with Gasteiger partial charge in [0, 0.05) is 6.07 Å². The number of benzene rings is 1. The summed E-state index contributed by atoms with van der Waals surface area (Å²) in [5.41, 5.74) is 0.245. The Hall–Kier alpha value is -1.48. The van der Waals surface area contributed by atoms with Crippen LogP contribution in [-0.4, -0.2) is 7.11 Å². The number of rotatable bonds is 1. The van der Waals surface area contributed by atoms with Gasteiger partial charge in [-0.3, -0.25) is 4.79 Å². The Morgan fingerprint density at radius 2 is 2.21 bits per heavy atom. The second-order valence-electron chi connectivity index (χ2n) is 2.77. The average molecular weight is 211 g/mol. The lowest BCUT2D eigenvalue weighted by Crippen LogP contribution is -2.00. The highest BCUT2D eigenvalue weighted by molar-refractivity contribution is 6.30. The van der Waals surface area contributed by atoms with Crippen LogP contribution >= 0.6 is 11.6 Å². The maximum absolute atomic E-state index is 11.5. The molecule has 0 unspecified atom stereocenters. The molecule has 0 aliphatic carbocycles. The van der Waals surface area contributed by atoms with Crippen molar-refractivity contribution >= 4 is 22.6 Å². The molecule has 0 bridgehead atoms. The molecule has 0 spiro atoms. The van der Waals surface area contributed by atoms with E-state index < -0.39 is 0 Å². The van der Waals surface area contributed by atoms with E-state index in [0.29, 0.717) is 16.7 Å². The van der Waals surface area contributed by atoms with Gasteiger partial charge in [0.15, 0.2) is 0 Å². The molecule has 0 fully saturated rings. The molecule has 0 aliphatic rings. The van der Waals surface area contributed by atoms with Crippen LogP contribution in [0.15, 0.2) is 33.7 Å². The molecule has 1 aromatic carbocycles. The Morgan fingerprint density at radius 3 is 2.93 bits per heavy atom. The molecule has 3 nitrogen and oxygen atoms in total. The third kappa shape index (κ3) is 1.36. The van der Waals surface area contributed by atoms with Crippen molar-refractivity contribution in [1.82, 2.24) is 0 Å². The lowest BCUT2D eigenvalue weighted by molar-refractivity contribution is 0.414. The second-order valence-corrected chi connectivity index (χ2v) is 3.18. The minimum absolute atomic E-state index is 0.0858. The first-order valence-corrected chi connectivity index (χ1v) is 4.35. The number of hydrogen-bond acceptors (Lipinski definition) is 3. The van der Waals surface area contributed by atoms with Gasteiger partial charge in [0.25, 0.3) is 0 Å². The highest BCUT2D eigenvalue weighted by atomic mass is 35.5. The summed E-state index contributed by atoms with van der Waals surface area (Å²) in [5.74, 6) is 0.642. The quantitative estimate of drug-likeness (QED) is 0.726. The molecule has 14 heavy (non-hydrogen) atoms. The summed E-state index contributed by atoms with van der Waals surface area (Å²) < 4.78 is 10.2. The molecule has 1 aromatic heterocycles. The van der Waals surface area contributed by atoms with E-state index in [0.717, 1.165) is 0 Å². The molecular weight excluding hydrogens is 204 g/mol. The third-order valence-electron chi connectivity index (χ3n) is 1.94. The van der Waals surface area contributed by atoms with Gasteiger partial charge in [-0.15, -0.1) is 0 Å². The molecule has 0 N–H and O–H groups in total. The monoisotopic (exact) mass is 210 g/mol. The molecule has 0 atom stereocenters. The first-order valence-electron chi connectivity index (χ1n) is 3.97. The van der Waals surface area contributed by atoms with Gasteiger partial charge in [0.1, 0.15) is 22.6 Å². The highest BCUT2D eigenvalue weighted by Crippen LogP contribution is 2.19. The van der Waals surface area contributed by atoms with Crippen LogP contribution in [0.4, 0.5) is 0 Å². The lowest BCUT2D eigenvalue weighted by atomic mass is 10.2. The summed E-state index contributed by atoms with van der Waals surface area (Å²) in [7, 11) is 1.55. The molecule has 0 aliphatic heterocycles. The van der Waals surface area contributed by atoms with E-state index in [1.165, 1.54) is 6.26 Å². The van der Waals surface area contributed by atoms with E-state index >= 15 is 0 Å². The Balaban J connectivity index is 2.81. The second kappa shape index (κ2) is 3.35. The van der Waals surface area contributed by atoms with Crippen LogP contribution in [0.1, 0.15) is 0 Å². The number of halogens is 1. The van der Waals surface area contributed by atoms with Crippen molar-refractivity contribution in [3.05, 3.63) is 39.7 Å². The van der Waals surface area contributed by atoms with Gasteiger partial charge in [0.05, 0.1) is 12.5 Å². The number of fused-ring (bicyclic) bond motifs is 1. The van der Waals surface area contributed by atoms with E-state index in [9.17, 15) is 4.79 Å². The van der Waals surface area contributed by atoms with Gasteiger partial charge in [-0.1, -0.05) is 11.6 Å². The summed E-state index contributed by atoms with van der Waals surface area (Å²) in [6.07, 6.45) is 1.23. The highest BCUT2D eigenvalue weighted by Gasteiger charge is 2.05. The van der Waals surface area contributed by atoms with Crippen molar-refractivity contribution in [3.8, 4) is 5.75 Å². The lowest BCUT2D eigenvalue weighted by Gasteiger charge is -2.00. The zero-order valence-electron chi connectivity index (χ0n) is 7.41. The van der Waals surface area contributed by atoms with E-state index in [1.807, 2.05) is 0 Å². The number of methoxy groups -OCH3 is 1. The average Bonchev–Trinajstić information content (AvgIpc) is 2.23. The molecule has 72 valence electrons. The summed E-state index contributed by atoms with van der Waals surface area (Å²) in [5, 5.41) is 0.543. The summed E-state index contributed by atoms with van der Waals surface area (Å²) in [6.45, 7) is 0. The largest absolute Gasteiger partial charge is 0.497 e. The van der Waals surface area contributed by atoms with Crippen LogP contribution in [0.5, 0.6) is 5.75 Å². The zero-order chi connectivity index (χ0) is 10.1. The molecule has 4 heteroatoms. The fourth-order valence-corrected chi connectivity index (χ4v) is 1.36. The van der Waals surface area contributed by atoms with Crippen molar-refractivity contribution in [1.29, 1.82) is 0 Å². The van der Waals surface area contributed by atoms with Crippen molar-refractivity contribution in [2.75, 3.05) is 7.11 Å². The van der Waals surface area contributed by atoms with Crippen molar-refractivity contribution in [2.24, 2.45) is 0 Å². The van der Waals surface area contributed by atoms with E-state index in [-0.39, 0.29) is 10.5 Å². The summed E-state index contributed by atoms with van der Waals surface area (Å²) in [6, 6.07) is 4.97. The zero-order valence-corrected chi connectivity index (χ0v) is 8.17. The molecular formula is C10H7ClO3. The minimum Gasteiger partial charge on any atom is -0.497 e. The molecule has 0 saturated carbocycles. The minimum atomic E-state index is -0.226. The molecule has 0 amide bonds. The smallest absolute Gasteiger partial charge is 0.211 e. The Bertz CT molecular complexity index is 530. The van der Waals surface area contributed by atoms with Crippen molar-refractivity contribution in [3.63, 3.8) is 0 Å². The van der Waals surface area contributed by atoms with Crippen LogP contribution in [0.3, 0.4) is 0 Å². The van der Waals surface area contributed by atoms with Crippen LogP contribution in [0.2, 0.25) is 5.02 Å². The van der Waals surface area contributed by atoms with Gasteiger partial charge >= 0.3 is 0 Å².